The molecule has 0 N–H and O–H groups in total. The summed E-state index contributed by atoms with van der Waals surface area (Å²) in [6.07, 6.45) is -2.05. The van der Waals surface area contributed by atoms with Crippen LogP contribution in [0.15, 0.2) is 48.5 Å². The van der Waals surface area contributed by atoms with Gasteiger partial charge < -0.3 is 0 Å². The topological polar surface area (TPSA) is 3.24 Å². The molecule has 0 amide bonds. The van der Waals surface area contributed by atoms with Gasteiger partial charge in [-0.2, -0.15) is 13.2 Å². The van der Waals surface area contributed by atoms with Gasteiger partial charge in [0, 0.05) is 18.1 Å². The van der Waals surface area contributed by atoms with Crippen molar-refractivity contribution in [1.29, 1.82) is 0 Å². The third kappa shape index (κ3) is 4.31. The van der Waals surface area contributed by atoms with Crippen molar-refractivity contribution in [3.63, 3.8) is 0 Å². The van der Waals surface area contributed by atoms with Crippen molar-refractivity contribution in [2.75, 3.05) is 13.1 Å². The third-order valence-corrected chi connectivity index (χ3v) is 4.79. The summed E-state index contributed by atoms with van der Waals surface area (Å²) in [5.41, 5.74) is 1.60. The molecular weight excluding hydrogens is 335 g/mol. The van der Waals surface area contributed by atoms with E-state index in [1.165, 1.54) is 5.56 Å². The number of hydrogen-bond acceptors (Lipinski definition) is 1. The van der Waals surface area contributed by atoms with Crippen LogP contribution in [-0.2, 0) is 12.7 Å². The lowest BCUT2D eigenvalue weighted by molar-refractivity contribution is -0.137. The number of hydrogen-bond donors (Lipinski definition) is 0. The van der Waals surface area contributed by atoms with Gasteiger partial charge in [0.2, 0.25) is 0 Å². The highest BCUT2D eigenvalue weighted by Crippen LogP contribution is 2.31. The average Bonchev–Trinajstić information content (AvgIpc) is 2.55. The van der Waals surface area contributed by atoms with E-state index in [9.17, 15) is 13.2 Å². The zero-order valence-electron chi connectivity index (χ0n) is 13.2. The van der Waals surface area contributed by atoms with E-state index in [-0.39, 0.29) is 0 Å². The number of nitrogens with zero attached hydrogens (tertiary/aromatic N) is 1. The molecule has 0 bridgehead atoms. The summed E-state index contributed by atoms with van der Waals surface area (Å²) in [6, 6.07) is 13.4. The first-order valence-corrected chi connectivity index (χ1v) is 8.43. The average molecular weight is 354 g/mol. The first kappa shape index (κ1) is 17.3. The van der Waals surface area contributed by atoms with E-state index in [0.29, 0.717) is 12.5 Å². The van der Waals surface area contributed by atoms with Gasteiger partial charge in [0.1, 0.15) is 0 Å². The molecule has 24 heavy (non-hydrogen) atoms. The molecular formula is C19H19ClF3N. The quantitative estimate of drug-likeness (QED) is 0.680. The van der Waals surface area contributed by atoms with Crippen LogP contribution >= 0.6 is 11.6 Å². The molecule has 0 radical (unpaired) electrons. The predicted molar refractivity (Wildman–Crippen MR) is 90.1 cm³/mol. The van der Waals surface area contributed by atoms with Crippen LogP contribution in [0, 0.1) is 0 Å². The van der Waals surface area contributed by atoms with Gasteiger partial charge >= 0.3 is 6.18 Å². The highest BCUT2D eigenvalue weighted by atomic mass is 35.5. The molecule has 0 saturated carbocycles. The van der Waals surface area contributed by atoms with Crippen LogP contribution in [0.5, 0.6) is 0 Å². The summed E-state index contributed by atoms with van der Waals surface area (Å²) in [5, 5.41) is 0.733. The van der Waals surface area contributed by atoms with E-state index in [1.807, 2.05) is 12.1 Å². The minimum Gasteiger partial charge on any atom is -0.298 e. The molecule has 1 heterocycles. The van der Waals surface area contributed by atoms with Crippen molar-refractivity contribution < 1.29 is 13.2 Å². The van der Waals surface area contributed by atoms with Gasteiger partial charge in [0.25, 0.3) is 0 Å². The monoisotopic (exact) mass is 353 g/mol. The van der Waals surface area contributed by atoms with Crippen molar-refractivity contribution in [1.82, 2.24) is 4.90 Å². The Morgan fingerprint density at radius 3 is 2.29 bits per heavy atom. The van der Waals surface area contributed by atoms with Gasteiger partial charge in [0.15, 0.2) is 0 Å². The molecule has 0 aliphatic carbocycles. The molecule has 1 fully saturated rings. The Morgan fingerprint density at radius 2 is 1.67 bits per heavy atom. The molecule has 0 spiro atoms. The van der Waals surface area contributed by atoms with Gasteiger partial charge in [-0.25, -0.2) is 0 Å². The number of benzene rings is 2. The Morgan fingerprint density at radius 1 is 1.00 bits per heavy atom. The van der Waals surface area contributed by atoms with Crippen LogP contribution < -0.4 is 0 Å². The van der Waals surface area contributed by atoms with Crippen molar-refractivity contribution in [2.24, 2.45) is 0 Å². The molecule has 0 aromatic heterocycles. The standard InChI is InChI=1S/C19H19ClF3N/c20-18-9-5-15(6-10-18)16-2-1-11-24(13-16)12-14-3-7-17(8-4-14)19(21,22)23/h3-10,16H,1-2,11-13H2. The van der Waals surface area contributed by atoms with Crippen molar-refractivity contribution >= 4 is 11.6 Å². The molecule has 1 aliphatic rings. The smallest absolute Gasteiger partial charge is 0.298 e. The molecule has 1 aliphatic heterocycles. The number of alkyl halides is 3. The zero-order chi connectivity index (χ0) is 17.2. The van der Waals surface area contributed by atoms with Gasteiger partial charge in [0.05, 0.1) is 5.56 Å². The maximum atomic E-state index is 12.6. The van der Waals surface area contributed by atoms with Crippen LogP contribution in [0.4, 0.5) is 13.2 Å². The van der Waals surface area contributed by atoms with E-state index < -0.39 is 11.7 Å². The lowest BCUT2D eigenvalue weighted by Gasteiger charge is -2.33. The molecule has 2 aromatic carbocycles. The highest BCUT2D eigenvalue weighted by molar-refractivity contribution is 6.30. The highest BCUT2D eigenvalue weighted by Gasteiger charge is 2.30. The second-order valence-electron chi connectivity index (χ2n) is 6.32. The molecule has 1 nitrogen and oxygen atoms in total. The fraction of sp³-hybridized carbons (Fsp3) is 0.368. The van der Waals surface area contributed by atoms with Gasteiger partial charge in [-0.3, -0.25) is 4.90 Å². The SMILES string of the molecule is FC(F)(F)c1ccc(CN2CCCC(c3ccc(Cl)cc3)C2)cc1. The van der Waals surface area contributed by atoms with E-state index in [1.54, 1.807) is 12.1 Å². The largest absolute Gasteiger partial charge is 0.416 e. The molecule has 2 aromatic rings. The minimum absolute atomic E-state index is 0.450. The van der Waals surface area contributed by atoms with Crippen molar-refractivity contribution in [3.05, 3.63) is 70.2 Å². The number of halogens is 4. The molecule has 1 saturated heterocycles. The predicted octanol–water partition coefficient (Wildman–Crippen LogP) is 5.74. The van der Waals surface area contributed by atoms with Crippen LogP contribution in [0.2, 0.25) is 5.02 Å². The Kier molecular flexibility index (Phi) is 5.16. The zero-order valence-corrected chi connectivity index (χ0v) is 13.9. The fourth-order valence-corrected chi connectivity index (χ4v) is 3.39. The minimum atomic E-state index is -4.27. The molecule has 128 valence electrons. The van der Waals surface area contributed by atoms with E-state index in [4.69, 9.17) is 11.6 Å². The molecule has 1 unspecified atom stereocenters. The van der Waals surface area contributed by atoms with E-state index >= 15 is 0 Å². The van der Waals surface area contributed by atoms with Gasteiger partial charge in [-0.05, 0) is 60.7 Å². The summed E-state index contributed by atoms with van der Waals surface area (Å²) in [6.45, 7) is 2.58. The Bertz CT molecular complexity index is 665. The van der Waals surface area contributed by atoms with E-state index in [2.05, 4.69) is 17.0 Å². The Balaban J connectivity index is 1.64. The third-order valence-electron chi connectivity index (χ3n) is 4.53. The normalized spacial score (nSPS) is 19.4. The summed E-state index contributed by atoms with van der Waals surface area (Å²) >= 11 is 5.94. The van der Waals surface area contributed by atoms with Crippen LogP contribution in [-0.4, -0.2) is 18.0 Å². The number of likely N-dealkylation sites (tertiary alicyclic amines) is 1. The first-order valence-electron chi connectivity index (χ1n) is 8.06. The second-order valence-corrected chi connectivity index (χ2v) is 6.76. The number of piperidine rings is 1. The Labute approximate surface area is 145 Å². The summed E-state index contributed by atoms with van der Waals surface area (Å²) in [7, 11) is 0. The van der Waals surface area contributed by atoms with E-state index in [0.717, 1.165) is 48.6 Å². The van der Waals surface area contributed by atoms with Crippen LogP contribution in [0.3, 0.4) is 0 Å². The first-order chi connectivity index (χ1) is 11.4. The molecule has 5 heteroatoms. The fourth-order valence-electron chi connectivity index (χ4n) is 3.26. The van der Waals surface area contributed by atoms with Crippen molar-refractivity contribution in [3.8, 4) is 0 Å². The van der Waals surface area contributed by atoms with Crippen LogP contribution in [0.1, 0.15) is 35.4 Å². The maximum absolute atomic E-state index is 12.6. The van der Waals surface area contributed by atoms with Crippen molar-refractivity contribution in [2.45, 2.75) is 31.5 Å². The molecule has 3 rings (SSSR count). The summed E-state index contributed by atoms with van der Waals surface area (Å²) in [5.74, 6) is 0.450. The number of rotatable bonds is 3. The summed E-state index contributed by atoms with van der Waals surface area (Å²) in [4.78, 5) is 2.31. The van der Waals surface area contributed by atoms with Gasteiger partial charge in [-0.15, -0.1) is 0 Å². The second kappa shape index (κ2) is 7.16. The molecule has 1 atom stereocenters. The van der Waals surface area contributed by atoms with Crippen LogP contribution in [0.25, 0.3) is 0 Å². The summed E-state index contributed by atoms with van der Waals surface area (Å²) < 4.78 is 37.9. The lowest BCUT2D eigenvalue weighted by Crippen LogP contribution is -2.33. The van der Waals surface area contributed by atoms with Gasteiger partial charge in [-0.1, -0.05) is 35.9 Å². The lowest BCUT2D eigenvalue weighted by atomic mass is 9.90. The Hall–Kier alpha value is -1.52. The maximum Gasteiger partial charge on any atom is 0.416 e.